The predicted molar refractivity (Wildman–Crippen MR) is 79.3 cm³/mol. The first kappa shape index (κ1) is 15.1. The standard InChI is InChI=1S/C16H26N2O2/c1-15(2)7-11(8-16(3,4)10-15)18-14(19)13-6-5-12(9-17)20-13/h5-6,11H,7-10,17H2,1-4H3,(H,18,19). The third-order valence-corrected chi connectivity index (χ3v) is 3.98. The number of amides is 1. The Kier molecular flexibility index (Phi) is 3.96. The number of carbonyl (C=O) groups excluding carboxylic acids is 1. The normalized spacial score (nSPS) is 21.6. The van der Waals surface area contributed by atoms with Gasteiger partial charge >= 0.3 is 0 Å². The van der Waals surface area contributed by atoms with Crippen LogP contribution in [0.2, 0.25) is 0 Å². The second-order valence-corrected chi connectivity index (χ2v) is 7.55. The summed E-state index contributed by atoms with van der Waals surface area (Å²) in [5.41, 5.74) is 6.00. The lowest BCUT2D eigenvalue weighted by Crippen LogP contribution is -2.45. The van der Waals surface area contributed by atoms with Crippen LogP contribution in [-0.4, -0.2) is 11.9 Å². The summed E-state index contributed by atoms with van der Waals surface area (Å²) in [4.78, 5) is 12.2. The van der Waals surface area contributed by atoms with Crippen molar-refractivity contribution in [3.63, 3.8) is 0 Å². The van der Waals surface area contributed by atoms with Gasteiger partial charge in [-0.05, 0) is 42.2 Å². The van der Waals surface area contributed by atoms with Crippen LogP contribution in [0.5, 0.6) is 0 Å². The van der Waals surface area contributed by atoms with Gasteiger partial charge in [0.25, 0.3) is 5.91 Å². The molecule has 0 radical (unpaired) electrons. The molecular weight excluding hydrogens is 252 g/mol. The maximum atomic E-state index is 12.2. The Morgan fingerprint density at radius 1 is 1.30 bits per heavy atom. The number of nitrogens with one attached hydrogen (secondary N) is 1. The first-order valence-corrected chi connectivity index (χ1v) is 7.30. The molecule has 0 atom stereocenters. The van der Waals surface area contributed by atoms with E-state index < -0.39 is 0 Å². The Hall–Kier alpha value is -1.29. The third-order valence-electron chi connectivity index (χ3n) is 3.98. The Morgan fingerprint density at radius 3 is 2.40 bits per heavy atom. The van der Waals surface area contributed by atoms with Gasteiger partial charge in [-0.25, -0.2) is 0 Å². The Bertz CT molecular complexity index is 472. The van der Waals surface area contributed by atoms with Gasteiger partial charge in [-0.1, -0.05) is 27.7 Å². The molecule has 1 amide bonds. The van der Waals surface area contributed by atoms with Crippen LogP contribution in [0, 0.1) is 10.8 Å². The minimum atomic E-state index is -0.136. The van der Waals surface area contributed by atoms with Crippen molar-refractivity contribution in [3.8, 4) is 0 Å². The molecule has 4 heteroatoms. The second kappa shape index (κ2) is 5.24. The average molecular weight is 278 g/mol. The molecule has 0 saturated heterocycles. The maximum absolute atomic E-state index is 12.2. The molecule has 3 N–H and O–H groups in total. The van der Waals surface area contributed by atoms with E-state index in [1.165, 1.54) is 6.42 Å². The van der Waals surface area contributed by atoms with Crippen LogP contribution >= 0.6 is 0 Å². The van der Waals surface area contributed by atoms with E-state index in [0.29, 0.717) is 18.1 Å². The summed E-state index contributed by atoms with van der Waals surface area (Å²) in [5.74, 6) is 0.856. The van der Waals surface area contributed by atoms with E-state index in [4.69, 9.17) is 10.2 Å². The molecule has 112 valence electrons. The molecule has 1 fully saturated rings. The van der Waals surface area contributed by atoms with Gasteiger partial charge in [0.05, 0.1) is 6.54 Å². The number of nitrogens with two attached hydrogens (primary N) is 1. The van der Waals surface area contributed by atoms with Crippen molar-refractivity contribution in [2.75, 3.05) is 0 Å². The van der Waals surface area contributed by atoms with E-state index in [0.717, 1.165) is 12.8 Å². The van der Waals surface area contributed by atoms with Crippen LogP contribution in [0.3, 0.4) is 0 Å². The molecule has 0 spiro atoms. The van der Waals surface area contributed by atoms with Gasteiger partial charge in [-0.15, -0.1) is 0 Å². The summed E-state index contributed by atoms with van der Waals surface area (Å²) in [5, 5.41) is 3.11. The lowest BCUT2D eigenvalue weighted by molar-refractivity contribution is 0.0695. The molecule has 0 unspecified atom stereocenters. The van der Waals surface area contributed by atoms with Gasteiger partial charge in [-0.3, -0.25) is 4.79 Å². The Morgan fingerprint density at radius 2 is 1.90 bits per heavy atom. The van der Waals surface area contributed by atoms with Crippen molar-refractivity contribution < 1.29 is 9.21 Å². The highest BCUT2D eigenvalue weighted by Gasteiger charge is 2.39. The van der Waals surface area contributed by atoms with Gasteiger partial charge in [0.2, 0.25) is 0 Å². The summed E-state index contributed by atoms with van der Waals surface area (Å²) in [7, 11) is 0. The van der Waals surface area contributed by atoms with Gasteiger partial charge in [0.1, 0.15) is 5.76 Å². The Balaban J connectivity index is 2.03. The van der Waals surface area contributed by atoms with Crippen LogP contribution < -0.4 is 11.1 Å². The zero-order valence-corrected chi connectivity index (χ0v) is 13.0. The molecule has 0 aliphatic heterocycles. The SMILES string of the molecule is CC1(C)CC(NC(=O)c2ccc(CN)o2)CC(C)(C)C1. The summed E-state index contributed by atoms with van der Waals surface area (Å²) >= 11 is 0. The van der Waals surface area contributed by atoms with Gasteiger partial charge in [-0.2, -0.15) is 0 Å². The first-order valence-electron chi connectivity index (χ1n) is 7.30. The van der Waals surface area contributed by atoms with E-state index in [9.17, 15) is 4.79 Å². The molecule has 1 aliphatic rings. The maximum Gasteiger partial charge on any atom is 0.287 e. The quantitative estimate of drug-likeness (QED) is 0.892. The van der Waals surface area contributed by atoms with E-state index in [1.807, 2.05) is 0 Å². The molecule has 2 rings (SSSR count). The van der Waals surface area contributed by atoms with Crippen LogP contribution in [0.15, 0.2) is 16.5 Å². The predicted octanol–water partition coefficient (Wildman–Crippen LogP) is 3.07. The van der Waals surface area contributed by atoms with Crippen LogP contribution in [0.25, 0.3) is 0 Å². The smallest absolute Gasteiger partial charge is 0.287 e. The molecule has 1 saturated carbocycles. The molecule has 20 heavy (non-hydrogen) atoms. The number of hydrogen-bond acceptors (Lipinski definition) is 3. The fourth-order valence-corrected chi connectivity index (χ4v) is 3.81. The van der Waals surface area contributed by atoms with Crippen molar-refractivity contribution in [2.45, 2.75) is 59.5 Å². The van der Waals surface area contributed by atoms with E-state index in [1.54, 1.807) is 12.1 Å². The molecule has 1 heterocycles. The molecule has 1 aliphatic carbocycles. The van der Waals surface area contributed by atoms with Crippen LogP contribution in [-0.2, 0) is 6.54 Å². The molecule has 1 aromatic heterocycles. The first-order chi connectivity index (χ1) is 9.21. The van der Waals surface area contributed by atoms with Crippen molar-refractivity contribution >= 4 is 5.91 Å². The van der Waals surface area contributed by atoms with Gasteiger partial charge in [0.15, 0.2) is 5.76 Å². The van der Waals surface area contributed by atoms with Crippen LogP contribution in [0.1, 0.15) is 63.3 Å². The topological polar surface area (TPSA) is 68.3 Å². The third kappa shape index (κ3) is 3.63. The van der Waals surface area contributed by atoms with Crippen LogP contribution in [0.4, 0.5) is 0 Å². The molecule has 0 bridgehead atoms. The molecule has 1 aromatic rings. The van der Waals surface area contributed by atoms with E-state index in [2.05, 4.69) is 33.0 Å². The van der Waals surface area contributed by atoms with Crippen molar-refractivity contribution in [1.82, 2.24) is 5.32 Å². The minimum absolute atomic E-state index is 0.136. The average Bonchev–Trinajstić information content (AvgIpc) is 2.72. The Labute approximate surface area is 121 Å². The zero-order valence-electron chi connectivity index (χ0n) is 13.0. The fraction of sp³-hybridized carbons (Fsp3) is 0.688. The molecule has 4 nitrogen and oxygen atoms in total. The van der Waals surface area contributed by atoms with E-state index >= 15 is 0 Å². The second-order valence-electron chi connectivity index (χ2n) is 7.55. The molecule has 0 aromatic carbocycles. The van der Waals surface area contributed by atoms with Crippen molar-refractivity contribution in [1.29, 1.82) is 0 Å². The monoisotopic (exact) mass is 278 g/mol. The van der Waals surface area contributed by atoms with Crippen molar-refractivity contribution in [2.24, 2.45) is 16.6 Å². The number of carbonyl (C=O) groups is 1. The largest absolute Gasteiger partial charge is 0.455 e. The zero-order chi connectivity index (χ0) is 15.0. The summed E-state index contributed by atoms with van der Waals surface area (Å²) in [6, 6.07) is 3.65. The molecular formula is C16H26N2O2. The summed E-state index contributed by atoms with van der Waals surface area (Å²) in [6.07, 6.45) is 3.20. The number of hydrogen-bond donors (Lipinski definition) is 2. The summed E-state index contributed by atoms with van der Waals surface area (Å²) < 4.78 is 5.40. The lowest BCUT2D eigenvalue weighted by atomic mass is 9.63. The van der Waals surface area contributed by atoms with Gasteiger partial charge < -0.3 is 15.5 Å². The minimum Gasteiger partial charge on any atom is -0.455 e. The number of furan rings is 1. The summed E-state index contributed by atoms with van der Waals surface area (Å²) in [6.45, 7) is 9.40. The number of rotatable bonds is 3. The van der Waals surface area contributed by atoms with E-state index in [-0.39, 0.29) is 22.8 Å². The highest BCUT2D eigenvalue weighted by Crippen LogP contribution is 2.45. The highest BCUT2D eigenvalue weighted by atomic mass is 16.4. The van der Waals surface area contributed by atoms with Crippen molar-refractivity contribution in [3.05, 3.63) is 23.7 Å². The fourth-order valence-electron chi connectivity index (χ4n) is 3.81. The lowest BCUT2D eigenvalue weighted by Gasteiger charge is -2.45. The van der Waals surface area contributed by atoms with Gasteiger partial charge in [0, 0.05) is 6.04 Å². The highest BCUT2D eigenvalue weighted by molar-refractivity contribution is 5.91.